The highest BCUT2D eigenvalue weighted by Gasteiger charge is 2.54. The molecule has 0 aliphatic heterocycles. The summed E-state index contributed by atoms with van der Waals surface area (Å²) in [4.78, 5) is 25.1. The Balaban J connectivity index is 0.000000105. The van der Waals surface area contributed by atoms with E-state index in [1.807, 2.05) is 39.2 Å². The molecule has 0 radical (unpaired) electrons. The van der Waals surface area contributed by atoms with E-state index >= 15 is 0 Å². The molecule has 24 rings (SSSR count). The first kappa shape index (κ1) is 84.8. The van der Waals surface area contributed by atoms with Crippen LogP contribution in [0.2, 0.25) is 0 Å². The van der Waals surface area contributed by atoms with Crippen molar-refractivity contribution in [3.63, 3.8) is 0 Å². The van der Waals surface area contributed by atoms with Crippen LogP contribution in [-0.2, 0) is 68.7 Å². The van der Waals surface area contributed by atoms with Gasteiger partial charge < -0.3 is 0 Å². The van der Waals surface area contributed by atoms with Crippen molar-refractivity contribution in [3.05, 3.63) is 354 Å². The van der Waals surface area contributed by atoms with E-state index < -0.39 is 12.3 Å². The van der Waals surface area contributed by atoms with Gasteiger partial charge in [0.05, 0.1) is 56.3 Å². The molecule has 0 amide bonds. The zero-order chi connectivity index (χ0) is 95.3. The number of aromatic nitrogens is 10. The van der Waals surface area contributed by atoms with Crippen molar-refractivity contribution < 1.29 is 26.9 Å². The molecule has 9 aliphatic rings. The number of fused-ring (bicyclic) bond motifs is 23. The van der Waals surface area contributed by atoms with Gasteiger partial charge in [-0.3, -0.25) is 24.9 Å². The maximum absolute atomic E-state index is 8.47. The first-order valence-corrected chi connectivity index (χ1v) is 49.2. The van der Waals surface area contributed by atoms with E-state index in [1.165, 1.54) is 271 Å². The van der Waals surface area contributed by atoms with E-state index in [-0.39, 0.29) is 21.7 Å². The van der Waals surface area contributed by atoms with Gasteiger partial charge in [0.25, 0.3) is 0 Å². The minimum Gasteiger partial charge on any atom is -0.257 e. The molecule has 10 aromatic heterocycles. The predicted octanol–water partition coefficient (Wildman–Crippen LogP) is 26.1. The van der Waals surface area contributed by atoms with Gasteiger partial charge >= 0.3 is 0 Å². The van der Waals surface area contributed by atoms with Gasteiger partial charge in [-0.05, 0) is 290 Å². The number of aryl methyl sites for hydroxylation is 19. The number of benzene rings is 5. The first-order valence-electron chi connectivity index (χ1n) is 50.7. The molecule has 0 N–H and O–H groups in total. The van der Waals surface area contributed by atoms with Crippen molar-refractivity contribution in [3.8, 4) is 112 Å². The highest BCUT2D eigenvalue weighted by Crippen LogP contribution is 2.64. The third-order valence-corrected chi connectivity index (χ3v) is 32.1. The average Bonchev–Trinajstić information content (AvgIpc) is 2.35. The Morgan fingerprint density at radius 2 is 0.511 bits per heavy atom. The molecule has 0 saturated heterocycles. The number of rotatable bonds is 6. The molecule has 4 fully saturated rings. The van der Waals surface area contributed by atoms with Crippen molar-refractivity contribution in [2.45, 2.75) is 247 Å². The number of pyridine rings is 10. The smallest absolute Gasteiger partial charge is 0.213 e. The molecule has 0 bridgehead atoms. The fourth-order valence-corrected chi connectivity index (χ4v) is 25.6. The van der Waals surface area contributed by atoms with E-state index in [1.54, 1.807) is 5.56 Å². The highest BCUT2D eigenvalue weighted by atomic mass is 15.0. The van der Waals surface area contributed by atoms with Crippen molar-refractivity contribution in [2.24, 2.45) is 35.2 Å². The van der Waals surface area contributed by atoms with E-state index in [0.29, 0.717) is 5.69 Å². The second kappa shape index (κ2) is 34.0. The Hall–Kier alpha value is -12.4. The minimum absolute atomic E-state index is 0.0905. The zero-order valence-electron chi connectivity index (χ0n) is 85.3. The Morgan fingerprint density at radius 1 is 0.263 bits per heavy atom. The number of nitrogens with zero attached hydrogens (tertiary/aromatic N) is 10. The van der Waals surface area contributed by atoms with Crippen LogP contribution in [0, 0.1) is 90.0 Å². The molecule has 10 nitrogen and oxygen atoms in total. The maximum atomic E-state index is 8.47. The Kier molecular flexibility index (Phi) is 21.7. The van der Waals surface area contributed by atoms with E-state index in [9.17, 15) is 0 Å². The third kappa shape index (κ3) is 14.4. The molecule has 4 saturated carbocycles. The highest BCUT2D eigenvalue weighted by molar-refractivity contribution is 5.93. The van der Waals surface area contributed by atoms with Gasteiger partial charge in [0, 0.05) is 148 Å². The lowest BCUT2D eigenvalue weighted by Crippen LogP contribution is -2.32. The van der Waals surface area contributed by atoms with E-state index in [4.69, 9.17) is 29.0 Å². The Labute approximate surface area is 794 Å². The maximum Gasteiger partial charge on any atom is 0.213 e. The lowest BCUT2D eigenvalue weighted by molar-refractivity contribution is -0.660. The van der Waals surface area contributed by atoms with Crippen LogP contribution in [0.4, 0.5) is 0 Å². The molecule has 10 heteroatoms. The van der Waals surface area contributed by atoms with Crippen LogP contribution in [0.15, 0.2) is 219 Å². The summed E-state index contributed by atoms with van der Waals surface area (Å²) in [6.07, 6.45) is 31.9. The summed E-state index contributed by atoms with van der Waals surface area (Å²) in [5.41, 5.74) is 55.2. The lowest BCUT2D eigenvalue weighted by atomic mass is 9.75. The number of hydrogen-bond donors (Lipinski definition) is 0. The minimum atomic E-state index is -2.22. The topological polar surface area (TPSA) is 83.8 Å². The third-order valence-electron chi connectivity index (χ3n) is 32.1. The second-order valence-electron chi connectivity index (χ2n) is 41.1. The molecule has 10 heterocycles. The van der Waals surface area contributed by atoms with Crippen molar-refractivity contribution in [1.29, 1.82) is 0 Å². The summed E-state index contributed by atoms with van der Waals surface area (Å²) in [5.74, 6) is 0. The molecule has 9 aliphatic carbocycles. The van der Waals surface area contributed by atoms with Gasteiger partial charge in [0.1, 0.15) is 35.2 Å². The summed E-state index contributed by atoms with van der Waals surface area (Å²) in [7, 11) is 10.7. The molecule has 1 unspecified atom stereocenters. The normalized spacial score (nSPS) is 17.3. The fraction of sp³-hybridized carbons (Fsp3) is 0.350. The molecule has 4 spiro atoms. The quantitative estimate of drug-likeness (QED) is 0.155. The largest absolute Gasteiger partial charge is 0.257 e. The predicted molar refractivity (Wildman–Crippen MR) is 542 cm³/mol. The van der Waals surface area contributed by atoms with Crippen LogP contribution in [0.5, 0.6) is 0 Å². The lowest BCUT2D eigenvalue weighted by Gasteiger charge is -2.28. The first-order chi connectivity index (χ1) is 65.2. The summed E-state index contributed by atoms with van der Waals surface area (Å²) in [5, 5.41) is 0. The van der Waals surface area contributed by atoms with Crippen LogP contribution in [-0.4, -0.2) is 24.9 Å². The Morgan fingerprint density at radius 3 is 0.805 bits per heavy atom. The van der Waals surface area contributed by atoms with Gasteiger partial charge in [-0.15, -0.1) is 0 Å². The zero-order valence-corrected chi connectivity index (χ0v) is 82.3. The van der Waals surface area contributed by atoms with Crippen molar-refractivity contribution >= 4 is 0 Å². The van der Waals surface area contributed by atoms with Gasteiger partial charge in [-0.25, -0.2) is 22.8 Å². The second-order valence-corrected chi connectivity index (χ2v) is 41.1. The van der Waals surface area contributed by atoms with Crippen LogP contribution < -0.4 is 22.8 Å². The van der Waals surface area contributed by atoms with Crippen molar-refractivity contribution in [1.82, 2.24) is 24.9 Å². The SMILES string of the molecule is CCc1cc[n+](C)c(-c2c(C)ccc3c2C2(CCCC2)c2nc(C)ccc2-3)c1.Cc1cc[n+](C)c(-c2c(C)ccc3c2C2(CCCC2)c2nc(C)ccc2-3)c1.Cc1cc[n+](C)c(-c2c(C)ccc3c2C2(CCCC2)c2nc(C)ccc2-3)c1.Cc1ccc2c(n1)C1(CCCC1)c1c-2ccc(C)c1-c1cccc[n+]1C.[2H]C([2H])([2H])C1(C)c2nc(C)ccc2-c2ccc(C)c(-c3cc(C)cc[n+]3C)c21. The van der Waals surface area contributed by atoms with Crippen LogP contribution in [0.3, 0.4) is 0 Å². The van der Waals surface area contributed by atoms with Gasteiger partial charge in [0.15, 0.2) is 31.0 Å². The molecule has 5 aromatic carbocycles. The molecule has 15 aromatic rings. The van der Waals surface area contributed by atoms with Crippen LogP contribution >= 0.6 is 0 Å². The van der Waals surface area contributed by atoms with Crippen LogP contribution in [0.25, 0.3) is 112 Å². The standard InChI is InChI=1S/C26H29N2.2C25H27N2.C24H25N2.C23H25N2/c1-5-19-12-15-28(4)22(16-19)23-17(2)8-10-20-21-11-9-18(3)27-25(21)26(24(20)23)13-6-7-14-26;2*1-16-11-14-27(4)21(15-16)22-17(2)7-9-19-20-10-8-18(3)26-24(20)25(23(19)22)12-5-6-13-25;1-16-9-11-18-19-12-10-17(2)25-23(19)24(13-5-6-14-24)22(18)21(16)20-8-4-7-15-26(20)3;1-14-11-12-25(6)19(13-14)20-15(2)7-9-17-18-10-8-16(3)24-22(18)23(4,5)21(17)20/h8-12,15-16H,5-7,13-14H2,1-4H3;2*7-11,14-15H,5-6,12-13H2,1-4H3;4,7-12,15H,5-6,13-14H2,1-3H3;7-13H,1-6H3/q5*+1/i;;;;4D3. The van der Waals surface area contributed by atoms with E-state index in [2.05, 4.69) is 342 Å². The number of hydrogen-bond acceptors (Lipinski definition) is 5. The molecule has 133 heavy (non-hydrogen) atoms. The monoisotopic (exact) mass is 1750 g/mol. The molecule has 1 atom stereocenters. The summed E-state index contributed by atoms with van der Waals surface area (Å²) in [6, 6.07) is 69.0. The van der Waals surface area contributed by atoms with Gasteiger partial charge in [0.2, 0.25) is 28.5 Å². The van der Waals surface area contributed by atoms with Gasteiger partial charge in [-0.2, -0.15) is 0 Å². The summed E-state index contributed by atoms with van der Waals surface area (Å²) in [6.45, 7) is 29.8. The average molecular weight is 1750 g/mol. The van der Waals surface area contributed by atoms with Gasteiger partial charge in [-0.1, -0.05) is 163 Å². The Bertz CT molecular complexity index is 7230. The van der Waals surface area contributed by atoms with Crippen LogP contribution in [0.1, 0.15) is 262 Å². The molecular weight excluding hydrogens is 1620 g/mol. The molecule has 670 valence electrons. The fourth-order valence-electron chi connectivity index (χ4n) is 25.6. The summed E-state index contributed by atoms with van der Waals surface area (Å²) < 4.78 is 36.6. The van der Waals surface area contributed by atoms with E-state index in [0.717, 1.165) is 74.0 Å². The summed E-state index contributed by atoms with van der Waals surface area (Å²) >= 11 is 0. The van der Waals surface area contributed by atoms with Crippen molar-refractivity contribution in [2.75, 3.05) is 0 Å². The molecular formula is C123H133N10+5.